The van der Waals surface area contributed by atoms with Gasteiger partial charge in [0.2, 0.25) is 0 Å². The third kappa shape index (κ3) is 4.55. The molecule has 19 heavy (non-hydrogen) atoms. The van der Waals surface area contributed by atoms with Crippen LogP contribution in [0, 0.1) is 6.92 Å². The lowest BCUT2D eigenvalue weighted by Crippen LogP contribution is -2.27. The molecule has 104 valence electrons. The summed E-state index contributed by atoms with van der Waals surface area (Å²) in [5.41, 5.74) is 1.80. The van der Waals surface area contributed by atoms with E-state index in [-0.39, 0.29) is 5.91 Å². The van der Waals surface area contributed by atoms with Gasteiger partial charge >= 0.3 is 0 Å². The number of carbonyl (C=O) groups excluding carboxylic acids is 1. The molecule has 1 aliphatic heterocycles. The summed E-state index contributed by atoms with van der Waals surface area (Å²) in [4.78, 5) is 12.0. The Morgan fingerprint density at radius 2 is 2.11 bits per heavy atom. The van der Waals surface area contributed by atoms with E-state index in [1.54, 1.807) is 0 Å². The fourth-order valence-electron chi connectivity index (χ4n) is 2.16. The number of aryl methyl sites for hydroxylation is 1. The Morgan fingerprint density at radius 3 is 2.84 bits per heavy atom. The lowest BCUT2D eigenvalue weighted by Gasteiger charge is -2.21. The van der Waals surface area contributed by atoms with Crippen molar-refractivity contribution in [2.45, 2.75) is 25.0 Å². The molecular formula is C15H21NO2S. The highest BCUT2D eigenvalue weighted by molar-refractivity contribution is 7.99. The van der Waals surface area contributed by atoms with Gasteiger partial charge in [0, 0.05) is 36.3 Å². The number of hydrogen-bond acceptors (Lipinski definition) is 3. The maximum Gasteiger partial charge on any atom is 0.251 e. The fourth-order valence-corrected chi connectivity index (χ4v) is 3.23. The summed E-state index contributed by atoms with van der Waals surface area (Å²) in [5, 5.41) is 3.69. The predicted molar refractivity (Wildman–Crippen MR) is 79.8 cm³/mol. The third-order valence-corrected chi connectivity index (χ3v) is 4.68. The molecule has 1 aromatic carbocycles. The van der Waals surface area contributed by atoms with Gasteiger partial charge in [-0.15, -0.1) is 0 Å². The van der Waals surface area contributed by atoms with Gasteiger partial charge in [0.05, 0.1) is 0 Å². The predicted octanol–water partition coefficient (Wildman–Crippen LogP) is 2.64. The smallest absolute Gasteiger partial charge is 0.251 e. The second kappa shape index (κ2) is 7.56. The van der Waals surface area contributed by atoms with Crippen molar-refractivity contribution in [1.82, 2.24) is 5.32 Å². The molecule has 0 saturated carbocycles. The summed E-state index contributed by atoms with van der Waals surface area (Å²) < 4.78 is 5.33. The molecule has 0 unspecified atom stereocenters. The van der Waals surface area contributed by atoms with Gasteiger partial charge in [0.15, 0.2) is 0 Å². The van der Waals surface area contributed by atoms with Crippen LogP contribution in [0.25, 0.3) is 0 Å². The van der Waals surface area contributed by atoms with E-state index in [4.69, 9.17) is 4.74 Å². The summed E-state index contributed by atoms with van der Waals surface area (Å²) >= 11 is 1.94. The molecular weight excluding hydrogens is 258 g/mol. The Hall–Kier alpha value is -1.00. The van der Waals surface area contributed by atoms with Crippen molar-refractivity contribution in [2.24, 2.45) is 0 Å². The van der Waals surface area contributed by atoms with E-state index in [2.05, 4.69) is 5.32 Å². The average Bonchev–Trinajstić information content (AvgIpc) is 2.45. The Balaban J connectivity index is 1.68. The van der Waals surface area contributed by atoms with Gasteiger partial charge in [-0.2, -0.15) is 11.8 Å². The first-order chi connectivity index (χ1) is 9.27. The monoisotopic (exact) mass is 279 g/mol. The first-order valence-corrected chi connectivity index (χ1v) is 7.85. The molecule has 1 amide bonds. The average molecular weight is 279 g/mol. The molecule has 1 N–H and O–H groups in total. The summed E-state index contributed by atoms with van der Waals surface area (Å²) in [6.45, 7) is 4.46. The van der Waals surface area contributed by atoms with Crippen LogP contribution >= 0.6 is 11.8 Å². The van der Waals surface area contributed by atoms with Crippen molar-refractivity contribution in [1.29, 1.82) is 0 Å². The zero-order valence-corrected chi connectivity index (χ0v) is 12.2. The molecule has 0 bridgehead atoms. The van der Waals surface area contributed by atoms with E-state index in [1.807, 2.05) is 43.0 Å². The normalized spacial score (nSPS) is 16.3. The summed E-state index contributed by atoms with van der Waals surface area (Å²) in [5.74, 6) is 1.01. The van der Waals surface area contributed by atoms with E-state index in [0.717, 1.165) is 49.5 Å². The maximum atomic E-state index is 12.0. The van der Waals surface area contributed by atoms with Crippen molar-refractivity contribution in [3.8, 4) is 0 Å². The first kappa shape index (κ1) is 14.4. The van der Waals surface area contributed by atoms with Crippen LogP contribution in [0.5, 0.6) is 0 Å². The van der Waals surface area contributed by atoms with E-state index >= 15 is 0 Å². The van der Waals surface area contributed by atoms with Gasteiger partial charge in [-0.05, 0) is 31.4 Å². The number of amides is 1. The van der Waals surface area contributed by atoms with E-state index in [0.29, 0.717) is 5.25 Å². The van der Waals surface area contributed by atoms with Gasteiger partial charge in [-0.1, -0.05) is 18.2 Å². The number of thioether (sulfide) groups is 1. The molecule has 0 spiro atoms. The lowest BCUT2D eigenvalue weighted by atomic mass is 10.1. The van der Waals surface area contributed by atoms with Gasteiger partial charge in [-0.3, -0.25) is 4.79 Å². The number of ether oxygens (including phenoxy) is 1. The first-order valence-electron chi connectivity index (χ1n) is 6.80. The molecule has 2 rings (SSSR count). The minimum atomic E-state index is 0.0330. The number of benzene rings is 1. The number of hydrogen-bond donors (Lipinski definition) is 1. The summed E-state index contributed by atoms with van der Waals surface area (Å²) in [6.07, 6.45) is 2.27. The van der Waals surface area contributed by atoms with Gasteiger partial charge in [-0.25, -0.2) is 0 Å². The van der Waals surface area contributed by atoms with Crippen molar-refractivity contribution < 1.29 is 9.53 Å². The molecule has 0 radical (unpaired) electrons. The van der Waals surface area contributed by atoms with Gasteiger partial charge in [0.25, 0.3) is 5.91 Å². The highest BCUT2D eigenvalue weighted by Crippen LogP contribution is 2.21. The molecule has 3 nitrogen and oxygen atoms in total. The van der Waals surface area contributed by atoms with E-state index in [1.165, 1.54) is 0 Å². The molecule has 1 aliphatic rings. The van der Waals surface area contributed by atoms with Crippen molar-refractivity contribution in [3.05, 3.63) is 35.4 Å². The van der Waals surface area contributed by atoms with Crippen molar-refractivity contribution in [3.63, 3.8) is 0 Å². The third-order valence-electron chi connectivity index (χ3n) is 3.30. The Morgan fingerprint density at radius 1 is 1.37 bits per heavy atom. The maximum absolute atomic E-state index is 12.0. The van der Waals surface area contributed by atoms with E-state index in [9.17, 15) is 4.79 Å². The second-order valence-corrected chi connectivity index (χ2v) is 6.16. The molecule has 0 aromatic heterocycles. The van der Waals surface area contributed by atoms with Crippen LogP contribution in [-0.2, 0) is 4.74 Å². The second-order valence-electron chi connectivity index (χ2n) is 4.75. The Kier molecular flexibility index (Phi) is 5.73. The zero-order chi connectivity index (χ0) is 13.5. The largest absolute Gasteiger partial charge is 0.381 e. The SMILES string of the molecule is Cc1ccccc1C(=O)NCCSC1CCOCC1. The quantitative estimate of drug-likeness (QED) is 0.842. The minimum absolute atomic E-state index is 0.0330. The molecule has 1 heterocycles. The molecule has 1 aromatic rings. The summed E-state index contributed by atoms with van der Waals surface area (Å²) in [7, 11) is 0. The molecule has 1 saturated heterocycles. The van der Waals surface area contributed by atoms with E-state index < -0.39 is 0 Å². The Labute approximate surface area is 119 Å². The van der Waals surface area contributed by atoms with Crippen molar-refractivity contribution >= 4 is 17.7 Å². The highest BCUT2D eigenvalue weighted by atomic mass is 32.2. The van der Waals surface area contributed by atoms with Crippen LogP contribution in [0.4, 0.5) is 0 Å². The van der Waals surface area contributed by atoms with Crippen LogP contribution in [0.3, 0.4) is 0 Å². The fraction of sp³-hybridized carbons (Fsp3) is 0.533. The van der Waals surface area contributed by atoms with Crippen LogP contribution in [0.1, 0.15) is 28.8 Å². The molecule has 1 fully saturated rings. The molecule has 4 heteroatoms. The van der Waals surface area contributed by atoms with Gasteiger partial charge in [0.1, 0.15) is 0 Å². The highest BCUT2D eigenvalue weighted by Gasteiger charge is 2.14. The van der Waals surface area contributed by atoms with Crippen LogP contribution in [-0.4, -0.2) is 36.7 Å². The van der Waals surface area contributed by atoms with Crippen LogP contribution in [0.15, 0.2) is 24.3 Å². The number of carbonyl (C=O) groups is 1. The lowest BCUT2D eigenvalue weighted by molar-refractivity contribution is 0.0954. The van der Waals surface area contributed by atoms with Crippen LogP contribution in [0.2, 0.25) is 0 Å². The standard InChI is InChI=1S/C15H21NO2S/c1-12-4-2-3-5-14(12)15(17)16-8-11-19-13-6-9-18-10-7-13/h2-5,13H,6-11H2,1H3,(H,16,17). The Bertz CT molecular complexity index is 416. The van der Waals surface area contributed by atoms with Crippen molar-refractivity contribution in [2.75, 3.05) is 25.5 Å². The topological polar surface area (TPSA) is 38.3 Å². The minimum Gasteiger partial charge on any atom is -0.381 e. The number of nitrogens with one attached hydrogen (secondary N) is 1. The summed E-state index contributed by atoms with van der Waals surface area (Å²) in [6, 6.07) is 7.69. The van der Waals surface area contributed by atoms with Crippen LogP contribution < -0.4 is 5.32 Å². The molecule has 0 aliphatic carbocycles. The zero-order valence-electron chi connectivity index (χ0n) is 11.4. The van der Waals surface area contributed by atoms with Gasteiger partial charge < -0.3 is 10.1 Å². The molecule has 0 atom stereocenters. The number of rotatable bonds is 5.